The van der Waals surface area contributed by atoms with Crippen molar-refractivity contribution in [3.05, 3.63) is 47.5 Å². The van der Waals surface area contributed by atoms with Crippen LogP contribution in [0.5, 0.6) is 5.75 Å². The first-order valence-electron chi connectivity index (χ1n) is 5.73. The highest BCUT2D eigenvalue weighted by atomic mass is 35.5. The zero-order valence-corrected chi connectivity index (χ0v) is 11.1. The van der Waals surface area contributed by atoms with Gasteiger partial charge in [-0.3, -0.25) is 0 Å². The Hall–Kier alpha value is -1.52. The lowest BCUT2D eigenvalue weighted by Crippen LogP contribution is -2.30. The Morgan fingerprint density at radius 1 is 1.44 bits per heavy atom. The van der Waals surface area contributed by atoms with Crippen LogP contribution in [0, 0.1) is 0 Å². The fourth-order valence-electron chi connectivity index (χ4n) is 1.74. The molecule has 4 nitrogen and oxygen atoms in total. The van der Waals surface area contributed by atoms with E-state index < -0.39 is 0 Å². The first-order valence-corrected chi connectivity index (χ1v) is 6.10. The van der Waals surface area contributed by atoms with Crippen molar-refractivity contribution in [2.45, 2.75) is 19.1 Å². The molecule has 1 heterocycles. The standard InChI is InChI=1S/C13H16ClN3O/c1-9(12(15)13-16-6-7-17(13)2)18-11-5-3-4-10(14)8-11/h3-9,12H,15H2,1-2H3. The van der Waals surface area contributed by atoms with Crippen LogP contribution in [0.1, 0.15) is 18.8 Å². The summed E-state index contributed by atoms with van der Waals surface area (Å²) >= 11 is 5.90. The number of hydrogen-bond acceptors (Lipinski definition) is 3. The van der Waals surface area contributed by atoms with Crippen molar-refractivity contribution in [3.63, 3.8) is 0 Å². The topological polar surface area (TPSA) is 53.1 Å². The maximum Gasteiger partial charge on any atom is 0.129 e. The van der Waals surface area contributed by atoms with Crippen LogP contribution in [0.3, 0.4) is 0 Å². The van der Waals surface area contributed by atoms with Crippen LogP contribution >= 0.6 is 11.6 Å². The maximum atomic E-state index is 6.13. The highest BCUT2D eigenvalue weighted by Gasteiger charge is 2.20. The quantitative estimate of drug-likeness (QED) is 0.924. The van der Waals surface area contributed by atoms with Gasteiger partial charge in [-0.25, -0.2) is 4.98 Å². The summed E-state index contributed by atoms with van der Waals surface area (Å²) in [5.74, 6) is 1.50. The maximum absolute atomic E-state index is 6.13. The summed E-state index contributed by atoms with van der Waals surface area (Å²) in [4.78, 5) is 4.23. The van der Waals surface area contributed by atoms with Gasteiger partial charge in [0.2, 0.25) is 0 Å². The van der Waals surface area contributed by atoms with E-state index >= 15 is 0 Å². The molecule has 2 aromatic rings. The first kappa shape index (κ1) is 12.9. The third-order valence-electron chi connectivity index (χ3n) is 2.78. The first-order chi connectivity index (χ1) is 8.58. The molecule has 0 saturated carbocycles. The molecule has 0 saturated heterocycles. The van der Waals surface area contributed by atoms with Crippen LogP contribution in [-0.4, -0.2) is 15.7 Å². The van der Waals surface area contributed by atoms with Gasteiger partial charge >= 0.3 is 0 Å². The van der Waals surface area contributed by atoms with Gasteiger partial charge in [0.15, 0.2) is 0 Å². The second-order valence-electron chi connectivity index (χ2n) is 4.20. The zero-order valence-electron chi connectivity index (χ0n) is 10.4. The van der Waals surface area contributed by atoms with Crippen molar-refractivity contribution in [2.75, 3.05) is 0 Å². The van der Waals surface area contributed by atoms with Crippen LogP contribution < -0.4 is 10.5 Å². The molecular weight excluding hydrogens is 250 g/mol. The molecule has 0 spiro atoms. The molecule has 0 aliphatic carbocycles. The SMILES string of the molecule is CC(Oc1cccc(Cl)c1)C(N)c1nccn1C. The van der Waals surface area contributed by atoms with Gasteiger partial charge in [-0.2, -0.15) is 0 Å². The summed E-state index contributed by atoms with van der Waals surface area (Å²) in [6.07, 6.45) is 3.40. The average Bonchev–Trinajstić information content (AvgIpc) is 2.74. The largest absolute Gasteiger partial charge is 0.489 e. The Labute approximate surface area is 111 Å². The molecule has 0 radical (unpaired) electrons. The Bertz CT molecular complexity index is 526. The van der Waals surface area contributed by atoms with E-state index in [1.54, 1.807) is 18.3 Å². The van der Waals surface area contributed by atoms with Gasteiger partial charge in [-0.15, -0.1) is 0 Å². The number of aryl methyl sites for hydroxylation is 1. The molecule has 1 aromatic heterocycles. The van der Waals surface area contributed by atoms with Crippen molar-refractivity contribution in [2.24, 2.45) is 12.8 Å². The van der Waals surface area contributed by atoms with E-state index in [4.69, 9.17) is 22.1 Å². The summed E-state index contributed by atoms with van der Waals surface area (Å²) in [5, 5.41) is 0.644. The molecule has 2 unspecified atom stereocenters. The van der Waals surface area contributed by atoms with Crippen molar-refractivity contribution < 1.29 is 4.74 Å². The number of nitrogens with two attached hydrogens (primary N) is 1. The van der Waals surface area contributed by atoms with Crippen molar-refractivity contribution in [1.29, 1.82) is 0 Å². The highest BCUT2D eigenvalue weighted by Crippen LogP contribution is 2.21. The third-order valence-corrected chi connectivity index (χ3v) is 3.02. The molecule has 0 amide bonds. The molecular formula is C13H16ClN3O. The van der Waals surface area contributed by atoms with E-state index in [0.717, 1.165) is 5.82 Å². The van der Waals surface area contributed by atoms with Gasteiger partial charge in [0.25, 0.3) is 0 Å². The van der Waals surface area contributed by atoms with E-state index in [-0.39, 0.29) is 12.1 Å². The molecule has 2 N–H and O–H groups in total. The highest BCUT2D eigenvalue weighted by molar-refractivity contribution is 6.30. The van der Waals surface area contributed by atoms with Gasteiger partial charge in [-0.1, -0.05) is 17.7 Å². The second-order valence-corrected chi connectivity index (χ2v) is 4.64. The minimum absolute atomic E-state index is 0.190. The number of rotatable bonds is 4. The number of imidazole rings is 1. The van der Waals surface area contributed by atoms with E-state index in [9.17, 15) is 0 Å². The Balaban J connectivity index is 2.08. The van der Waals surface area contributed by atoms with Crippen molar-refractivity contribution >= 4 is 11.6 Å². The molecule has 0 aliphatic rings. The smallest absolute Gasteiger partial charge is 0.129 e. The summed E-state index contributed by atoms with van der Waals surface area (Å²) in [7, 11) is 1.91. The van der Waals surface area contributed by atoms with E-state index in [2.05, 4.69) is 4.98 Å². The van der Waals surface area contributed by atoms with Gasteiger partial charge in [0, 0.05) is 24.5 Å². The minimum Gasteiger partial charge on any atom is -0.489 e. The van der Waals surface area contributed by atoms with Crippen LogP contribution in [0.4, 0.5) is 0 Å². The minimum atomic E-state index is -0.288. The summed E-state index contributed by atoms with van der Waals surface area (Å²) < 4.78 is 7.66. The van der Waals surface area contributed by atoms with Crippen LogP contribution in [0.15, 0.2) is 36.7 Å². The Morgan fingerprint density at radius 3 is 2.83 bits per heavy atom. The lowest BCUT2D eigenvalue weighted by Gasteiger charge is -2.21. The number of ether oxygens (including phenoxy) is 1. The number of halogens is 1. The molecule has 1 aromatic carbocycles. The normalized spacial score (nSPS) is 14.2. The zero-order chi connectivity index (χ0) is 13.1. The third kappa shape index (κ3) is 2.83. The number of benzene rings is 1. The van der Waals surface area contributed by atoms with Crippen LogP contribution in [0.2, 0.25) is 5.02 Å². The molecule has 96 valence electrons. The average molecular weight is 266 g/mol. The van der Waals surface area contributed by atoms with Crippen molar-refractivity contribution in [3.8, 4) is 5.75 Å². The number of nitrogens with zero attached hydrogens (tertiary/aromatic N) is 2. The van der Waals surface area contributed by atoms with Gasteiger partial charge in [0.05, 0.1) is 0 Å². The number of hydrogen-bond donors (Lipinski definition) is 1. The molecule has 2 rings (SSSR count). The van der Waals surface area contributed by atoms with Gasteiger partial charge in [-0.05, 0) is 25.1 Å². The second kappa shape index (κ2) is 5.42. The molecule has 0 bridgehead atoms. The van der Waals surface area contributed by atoms with Gasteiger partial charge in [0.1, 0.15) is 23.7 Å². The molecule has 5 heteroatoms. The lowest BCUT2D eigenvalue weighted by atomic mass is 10.2. The number of aromatic nitrogens is 2. The summed E-state index contributed by atoms with van der Waals surface area (Å²) in [5.41, 5.74) is 6.13. The molecule has 0 aliphatic heterocycles. The fourth-order valence-corrected chi connectivity index (χ4v) is 1.92. The molecule has 2 atom stereocenters. The van der Waals surface area contributed by atoms with E-state index in [1.165, 1.54) is 0 Å². The molecule has 0 fully saturated rings. The van der Waals surface area contributed by atoms with E-state index in [1.807, 2.05) is 36.9 Å². The predicted octanol–water partition coefficient (Wildman–Crippen LogP) is 2.54. The summed E-state index contributed by atoms with van der Waals surface area (Å²) in [6.45, 7) is 1.92. The summed E-state index contributed by atoms with van der Waals surface area (Å²) in [6, 6.07) is 6.98. The van der Waals surface area contributed by atoms with Crippen LogP contribution in [-0.2, 0) is 7.05 Å². The lowest BCUT2D eigenvalue weighted by molar-refractivity contribution is 0.185. The fraction of sp³-hybridized carbons (Fsp3) is 0.308. The Kier molecular flexibility index (Phi) is 3.89. The Morgan fingerprint density at radius 2 is 2.22 bits per heavy atom. The predicted molar refractivity (Wildman–Crippen MR) is 71.7 cm³/mol. The van der Waals surface area contributed by atoms with E-state index in [0.29, 0.717) is 10.8 Å². The monoisotopic (exact) mass is 265 g/mol. The van der Waals surface area contributed by atoms with Gasteiger partial charge < -0.3 is 15.0 Å². The van der Waals surface area contributed by atoms with Crippen LogP contribution in [0.25, 0.3) is 0 Å². The molecule has 18 heavy (non-hydrogen) atoms. The van der Waals surface area contributed by atoms with Crippen molar-refractivity contribution in [1.82, 2.24) is 9.55 Å².